The number of ether oxygens (including phenoxy) is 1. The first-order valence-electron chi connectivity index (χ1n) is 10.1. The lowest BCUT2D eigenvalue weighted by Crippen LogP contribution is -2.38. The van der Waals surface area contributed by atoms with Crippen LogP contribution in [0.15, 0.2) is 42.5 Å². The molecule has 4 rings (SSSR count). The summed E-state index contributed by atoms with van der Waals surface area (Å²) in [7, 11) is 2.08. The summed E-state index contributed by atoms with van der Waals surface area (Å²) in [4.78, 5) is 16.6. The average molecular weight is 411 g/mol. The van der Waals surface area contributed by atoms with Gasteiger partial charge in [-0.1, -0.05) is 24.3 Å². The fourth-order valence-corrected chi connectivity index (χ4v) is 4.25. The molecule has 0 spiro atoms. The minimum absolute atomic E-state index is 0.0815. The Hall–Kier alpha value is -2.51. The van der Waals surface area contributed by atoms with E-state index in [2.05, 4.69) is 38.9 Å². The average Bonchev–Trinajstić information content (AvgIpc) is 3.21. The maximum atomic E-state index is 12.4. The van der Waals surface area contributed by atoms with E-state index < -0.39 is 0 Å². The molecule has 3 aromatic rings. The number of fused-ring (bicyclic) bond motifs is 1. The Morgan fingerprint density at radius 1 is 1.07 bits per heavy atom. The van der Waals surface area contributed by atoms with Gasteiger partial charge in [-0.3, -0.25) is 9.69 Å². The molecule has 2 aromatic carbocycles. The SMILES string of the molecule is CN(Cc1ccc2nsnc2c1)Cc1ccccc1OCC(=O)N1CCCCC1. The molecule has 0 aliphatic carbocycles. The molecule has 7 heteroatoms. The largest absolute Gasteiger partial charge is 0.483 e. The van der Waals surface area contributed by atoms with E-state index in [1.54, 1.807) is 0 Å². The Kier molecular flexibility index (Phi) is 6.36. The van der Waals surface area contributed by atoms with Crippen molar-refractivity contribution in [1.29, 1.82) is 0 Å². The highest BCUT2D eigenvalue weighted by molar-refractivity contribution is 7.00. The zero-order valence-corrected chi connectivity index (χ0v) is 17.5. The Labute approximate surface area is 175 Å². The van der Waals surface area contributed by atoms with Crippen molar-refractivity contribution in [1.82, 2.24) is 18.5 Å². The van der Waals surface area contributed by atoms with Gasteiger partial charge in [0.2, 0.25) is 0 Å². The fourth-order valence-electron chi connectivity index (χ4n) is 3.73. The lowest BCUT2D eigenvalue weighted by molar-refractivity contribution is -0.134. The van der Waals surface area contributed by atoms with E-state index in [9.17, 15) is 4.79 Å². The molecule has 0 atom stereocenters. The number of carbonyl (C=O) groups is 1. The highest BCUT2D eigenvalue weighted by Gasteiger charge is 2.17. The molecule has 0 bridgehead atoms. The van der Waals surface area contributed by atoms with Gasteiger partial charge >= 0.3 is 0 Å². The third kappa shape index (κ3) is 5.10. The van der Waals surface area contributed by atoms with Crippen molar-refractivity contribution in [2.75, 3.05) is 26.7 Å². The third-order valence-electron chi connectivity index (χ3n) is 5.24. The van der Waals surface area contributed by atoms with Crippen LogP contribution in [0.5, 0.6) is 5.75 Å². The number of hydrogen-bond donors (Lipinski definition) is 0. The van der Waals surface area contributed by atoms with Crippen LogP contribution in [0.3, 0.4) is 0 Å². The van der Waals surface area contributed by atoms with Gasteiger partial charge in [-0.15, -0.1) is 0 Å². The van der Waals surface area contributed by atoms with Gasteiger partial charge in [0.15, 0.2) is 6.61 Å². The summed E-state index contributed by atoms with van der Waals surface area (Å²) < 4.78 is 14.5. The maximum absolute atomic E-state index is 12.4. The Morgan fingerprint density at radius 3 is 2.72 bits per heavy atom. The summed E-state index contributed by atoms with van der Waals surface area (Å²) in [5.74, 6) is 0.863. The molecular formula is C22H26N4O2S. The highest BCUT2D eigenvalue weighted by Crippen LogP contribution is 2.21. The van der Waals surface area contributed by atoms with Crippen molar-refractivity contribution >= 4 is 28.7 Å². The Morgan fingerprint density at radius 2 is 1.86 bits per heavy atom. The smallest absolute Gasteiger partial charge is 0.260 e. The van der Waals surface area contributed by atoms with Gasteiger partial charge in [0.05, 0.1) is 11.7 Å². The Balaban J connectivity index is 1.36. The molecule has 1 aliphatic heterocycles. The summed E-state index contributed by atoms with van der Waals surface area (Å²) >= 11 is 1.24. The second-order valence-corrected chi connectivity index (χ2v) is 8.13. The van der Waals surface area contributed by atoms with Crippen LogP contribution in [0, 0.1) is 0 Å². The normalized spacial score (nSPS) is 14.5. The van der Waals surface area contributed by atoms with Crippen LogP contribution in [0.1, 0.15) is 30.4 Å². The molecule has 152 valence electrons. The predicted molar refractivity (Wildman–Crippen MR) is 115 cm³/mol. The van der Waals surface area contributed by atoms with E-state index in [1.807, 2.05) is 29.2 Å². The number of piperidine rings is 1. The van der Waals surface area contributed by atoms with E-state index in [1.165, 1.54) is 23.7 Å². The van der Waals surface area contributed by atoms with Crippen LogP contribution in [0.25, 0.3) is 11.0 Å². The van der Waals surface area contributed by atoms with Gasteiger partial charge < -0.3 is 9.64 Å². The van der Waals surface area contributed by atoms with E-state index in [0.29, 0.717) is 0 Å². The molecule has 0 N–H and O–H groups in total. The minimum atomic E-state index is 0.0815. The van der Waals surface area contributed by atoms with Gasteiger partial charge in [-0.25, -0.2) is 0 Å². The number of amides is 1. The van der Waals surface area contributed by atoms with E-state index in [-0.39, 0.29) is 12.5 Å². The molecule has 0 saturated carbocycles. The van der Waals surface area contributed by atoms with Gasteiger partial charge in [0.25, 0.3) is 5.91 Å². The first-order chi connectivity index (χ1) is 14.2. The van der Waals surface area contributed by atoms with Crippen molar-refractivity contribution in [3.05, 3.63) is 53.6 Å². The van der Waals surface area contributed by atoms with Crippen molar-refractivity contribution in [3.63, 3.8) is 0 Å². The molecule has 1 aromatic heterocycles. The monoisotopic (exact) mass is 410 g/mol. The summed E-state index contributed by atoms with van der Waals surface area (Å²) in [6.07, 6.45) is 3.40. The third-order valence-corrected chi connectivity index (χ3v) is 5.80. The number of aromatic nitrogens is 2. The predicted octanol–water partition coefficient (Wildman–Crippen LogP) is 3.71. The number of nitrogens with zero attached hydrogens (tertiary/aromatic N) is 4. The van der Waals surface area contributed by atoms with Crippen LogP contribution in [0.2, 0.25) is 0 Å². The highest BCUT2D eigenvalue weighted by atomic mass is 32.1. The van der Waals surface area contributed by atoms with E-state index in [0.717, 1.165) is 61.4 Å². The second kappa shape index (κ2) is 9.33. The quantitative estimate of drug-likeness (QED) is 0.594. The van der Waals surface area contributed by atoms with Crippen molar-refractivity contribution < 1.29 is 9.53 Å². The number of para-hydroxylation sites is 1. The van der Waals surface area contributed by atoms with Crippen molar-refractivity contribution in [3.8, 4) is 5.75 Å². The van der Waals surface area contributed by atoms with Crippen LogP contribution in [0.4, 0.5) is 0 Å². The van der Waals surface area contributed by atoms with Gasteiger partial charge in [-0.05, 0) is 50.1 Å². The van der Waals surface area contributed by atoms with Gasteiger partial charge in [-0.2, -0.15) is 8.75 Å². The first-order valence-corrected chi connectivity index (χ1v) is 10.8. The summed E-state index contributed by atoms with van der Waals surface area (Å²) in [5.41, 5.74) is 4.17. The number of likely N-dealkylation sites (tertiary alicyclic amines) is 1. The summed E-state index contributed by atoms with van der Waals surface area (Å²) in [6.45, 7) is 3.35. The van der Waals surface area contributed by atoms with Crippen LogP contribution in [-0.2, 0) is 17.9 Å². The van der Waals surface area contributed by atoms with Gasteiger partial charge in [0.1, 0.15) is 16.8 Å². The topological polar surface area (TPSA) is 58.6 Å². The summed E-state index contributed by atoms with van der Waals surface area (Å²) in [6, 6.07) is 14.2. The van der Waals surface area contributed by atoms with Crippen LogP contribution in [-0.4, -0.2) is 51.2 Å². The maximum Gasteiger partial charge on any atom is 0.260 e. The number of rotatable bonds is 7. The second-order valence-electron chi connectivity index (χ2n) is 7.60. The first kappa shape index (κ1) is 19.8. The van der Waals surface area contributed by atoms with E-state index in [4.69, 9.17) is 4.74 Å². The zero-order valence-electron chi connectivity index (χ0n) is 16.7. The molecule has 1 fully saturated rings. The molecule has 1 aliphatic rings. The molecule has 2 heterocycles. The fraction of sp³-hybridized carbons (Fsp3) is 0.409. The molecule has 0 radical (unpaired) electrons. The van der Waals surface area contributed by atoms with Crippen LogP contribution < -0.4 is 4.74 Å². The summed E-state index contributed by atoms with van der Waals surface area (Å²) in [5, 5.41) is 0. The molecule has 1 amide bonds. The number of benzene rings is 2. The Bertz CT molecular complexity index is 968. The molecule has 6 nitrogen and oxygen atoms in total. The van der Waals surface area contributed by atoms with Gasteiger partial charge in [0, 0.05) is 31.7 Å². The minimum Gasteiger partial charge on any atom is -0.483 e. The lowest BCUT2D eigenvalue weighted by Gasteiger charge is -2.27. The van der Waals surface area contributed by atoms with E-state index >= 15 is 0 Å². The number of hydrogen-bond acceptors (Lipinski definition) is 6. The molecule has 1 saturated heterocycles. The van der Waals surface area contributed by atoms with Crippen LogP contribution >= 0.6 is 11.7 Å². The molecule has 29 heavy (non-hydrogen) atoms. The van der Waals surface area contributed by atoms with Crippen molar-refractivity contribution in [2.45, 2.75) is 32.4 Å². The van der Waals surface area contributed by atoms with Crippen molar-refractivity contribution in [2.24, 2.45) is 0 Å². The number of carbonyl (C=O) groups excluding carboxylic acids is 1. The molecular weight excluding hydrogens is 384 g/mol. The zero-order chi connectivity index (χ0) is 20.1. The molecule has 0 unspecified atom stereocenters. The lowest BCUT2D eigenvalue weighted by atomic mass is 10.1. The standard InChI is InChI=1S/C22H26N4O2S/c1-25(14-17-9-10-19-20(13-17)24-29-23-19)15-18-7-3-4-8-21(18)28-16-22(27)26-11-5-2-6-12-26/h3-4,7-10,13H,2,5-6,11-12,14-16H2,1H3.